The van der Waals surface area contributed by atoms with E-state index in [0.29, 0.717) is 12.0 Å². The van der Waals surface area contributed by atoms with Gasteiger partial charge in [-0.2, -0.15) is 0 Å². The van der Waals surface area contributed by atoms with Gasteiger partial charge in [-0.1, -0.05) is 38.4 Å². The Morgan fingerprint density at radius 3 is 2.59 bits per heavy atom. The summed E-state index contributed by atoms with van der Waals surface area (Å²) in [5.41, 5.74) is 1.10. The van der Waals surface area contributed by atoms with E-state index in [-0.39, 0.29) is 10.8 Å². The molecule has 0 bridgehead atoms. The van der Waals surface area contributed by atoms with Crippen LogP contribution in [0.5, 0.6) is 0 Å². The van der Waals surface area contributed by atoms with E-state index >= 15 is 0 Å². The number of hydrogen-bond acceptors (Lipinski definition) is 1. The molecule has 0 saturated heterocycles. The summed E-state index contributed by atoms with van der Waals surface area (Å²) in [6, 6.07) is 5.49. The maximum absolute atomic E-state index is 13.0. The van der Waals surface area contributed by atoms with Crippen LogP contribution in [-0.2, 0) is 6.42 Å². The van der Waals surface area contributed by atoms with E-state index in [1.165, 1.54) is 6.07 Å². The third-order valence-corrected chi connectivity index (χ3v) is 3.42. The summed E-state index contributed by atoms with van der Waals surface area (Å²) in [6.07, 6.45) is 2.02. The van der Waals surface area contributed by atoms with E-state index in [1.807, 2.05) is 6.07 Å². The average Bonchev–Trinajstić information content (AvgIpc) is 2.30. The summed E-state index contributed by atoms with van der Waals surface area (Å²) in [6.45, 7) is 7.49. The fourth-order valence-corrected chi connectivity index (χ4v) is 2.39. The first kappa shape index (κ1) is 14.5. The third kappa shape index (κ3) is 4.29. The molecule has 0 aliphatic heterocycles. The number of benzene rings is 1. The maximum atomic E-state index is 13.0. The number of rotatable bonds is 6. The topological polar surface area (TPSA) is 12.0 Å². The van der Waals surface area contributed by atoms with Crippen molar-refractivity contribution in [3.8, 4) is 0 Å². The lowest BCUT2D eigenvalue weighted by molar-refractivity contribution is 0.371. The van der Waals surface area contributed by atoms with E-state index < -0.39 is 0 Å². The monoisotopic (exact) mass is 257 g/mol. The van der Waals surface area contributed by atoms with Gasteiger partial charge in [-0.3, -0.25) is 0 Å². The maximum Gasteiger partial charge on any atom is 0.141 e. The summed E-state index contributed by atoms with van der Waals surface area (Å²) < 4.78 is 13.0. The summed E-state index contributed by atoms with van der Waals surface area (Å²) >= 11 is 5.78. The van der Waals surface area contributed by atoms with E-state index in [4.69, 9.17) is 11.6 Å². The average molecular weight is 258 g/mol. The van der Waals surface area contributed by atoms with Crippen molar-refractivity contribution in [1.82, 2.24) is 5.32 Å². The molecule has 1 nitrogen and oxygen atoms in total. The van der Waals surface area contributed by atoms with Crippen LogP contribution in [0.1, 0.15) is 32.8 Å². The van der Waals surface area contributed by atoms with Crippen LogP contribution in [0.15, 0.2) is 18.2 Å². The Kier molecular flexibility index (Phi) is 5.93. The van der Waals surface area contributed by atoms with Crippen molar-refractivity contribution in [2.75, 3.05) is 6.54 Å². The van der Waals surface area contributed by atoms with Crippen LogP contribution in [0.25, 0.3) is 0 Å². The molecule has 0 aliphatic rings. The SMILES string of the molecule is CCNC(CC)C(C)Cc1ccc(F)c(Cl)c1. The van der Waals surface area contributed by atoms with Crippen molar-refractivity contribution in [1.29, 1.82) is 0 Å². The molecule has 1 aromatic carbocycles. The van der Waals surface area contributed by atoms with Gasteiger partial charge in [-0.15, -0.1) is 0 Å². The Balaban J connectivity index is 2.66. The van der Waals surface area contributed by atoms with Crippen LogP contribution in [0.2, 0.25) is 5.02 Å². The molecule has 0 fully saturated rings. The molecule has 17 heavy (non-hydrogen) atoms. The first-order chi connectivity index (χ1) is 8.08. The van der Waals surface area contributed by atoms with Crippen LogP contribution in [0.4, 0.5) is 4.39 Å². The number of halogens is 2. The minimum absolute atomic E-state index is 0.214. The molecular weight excluding hydrogens is 237 g/mol. The number of hydrogen-bond donors (Lipinski definition) is 1. The van der Waals surface area contributed by atoms with Gasteiger partial charge >= 0.3 is 0 Å². The predicted molar refractivity (Wildman–Crippen MR) is 72.0 cm³/mol. The minimum Gasteiger partial charge on any atom is -0.314 e. The zero-order valence-corrected chi connectivity index (χ0v) is 11.5. The van der Waals surface area contributed by atoms with Gasteiger partial charge in [0.25, 0.3) is 0 Å². The largest absolute Gasteiger partial charge is 0.314 e. The van der Waals surface area contributed by atoms with Gasteiger partial charge in [0, 0.05) is 6.04 Å². The Labute approximate surface area is 108 Å². The molecule has 96 valence electrons. The standard InChI is InChI=1S/C14H21ClFN/c1-4-14(17-5-2)10(3)8-11-6-7-13(16)12(15)9-11/h6-7,9-10,14,17H,4-5,8H2,1-3H3. The van der Waals surface area contributed by atoms with Crippen LogP contribution in [-0.4, -0.2) is 12.6 Å². The first-order valence-corrected chi connectivity index (χ1v) is 6.63. The number of nitrogens with one attached hydrogen (secondary N) is 1. The second-order valence-corrected chi connectivity index (χ2v) is 4.91. The Hall–Kier alpha value is -0.600. The van der Waals surface area contributed by atoms with Crippen LogP contribution >= 0.6 is 11.6 Å². The normalized spacial score (nSPS) is 14.6. The van der Waals surface area contributed by atoms with Gasteiger partial charge in [-0.25, -0.2) is 4.39 Å². The smallest absolute Gasteiger partial charge is 0.141 e. The highest BCUT2D eigenvalue weighted by molar-refractivity contribution is 6.30. The van der Waals surface area contributed by atoms with Gasteiger partial charge in [0.15, 0.2) is 0 Å². The summed E-state index contributed by atoms with van der Waals surface area (Å²) in [5.74, 6) is 0.170. The molecular formula is C14H21ClFN. The molecule has 0 amide bonds. The van der Waals surface area contributed by atoms with Gasteiger partial charge in [0.2, 0.25) is 0 Å². The van der Waals surface area contributed by atoms with Gasteiger partial charge in [-0.05, 0) is 43.0 Å². The molecule has 0 radical (unpaired) electrons. The lowest BCUT2D eigenvalue weighted by Crippen LogP contribution is -2.35. The van der Waals surface area contributed by atoms with Crippen LogP contribution in [0.3, 0.4) is 0 Å². The molecule has 0 aromatic heterocycles. The van der Waals surface area contributed by atoms with Crippen molar-refractivity contribution in [2.45, 2.75) is 39.7 Å². The highest BCUT2D eigenvalue weighted by Crippen LogP contribution is 2.20. The van der Waals surface area contributed by atoms with Gasteiger partial charge in [0.05, 0.1) is 5.02 Å². The molecule has 0 saturated carbocycles. The molecule has 0 heterocycles. The molecule has 1 aromatic rings. The van der Waals surface area contributed by atoms with E-state index in [9.17, 15) is 4.39 Å². The van der Waals surface area contributed by atoms with Crippen molar-refractivity contribution in [3.05, 3.63) is 34.6 Å². The zero-order valence-electron chi connectivity index (χ0n) is 10.8. The molecule has 2 atom stereocenters. The fraction of sp³-hybridized carbons (Fsp3) is 0.571. The molecule has 1 rings (SSSR count). The second kappa shape index (κ2) is 6.97. The highest BCUT2D eigenvalue weighted by atomic mass is 35.5. The lowest BCUT2D eigenvalue weighted by atomic mass is 9.92. The Morgan fingerprint density at radius 2 is 2.06 bits per heavy atom. The molecule has 0 spiro atoms. The fourth-order valence-electron chi connectivity index (χ4n) is 2.19. The van der Waals surface area contributed by atoms with Crippen molar-refractivity contribution >= 4 is 11.6 Å². The highest BCUT2D eigenvalue weighted by Gasteiger charge is 2.15. The minimum atomic E-state index is -0.346. The molecule has 2 unspecified atom stereocenters. The zero-order chi connectivity index (χ0) is 12.8. The van der Waals surface area contributed by atoms with Gasteiger partial charge < -0.3 is 5.32 Å². The van der Waals surface area contributed by atoms with Gasteiger partial charge in [0.1, 0.15) is 5.82 Å². The summed E-state index contributed by atoms with van der Waals surface area (Å²) in [4.78, 5) is 0. The summed E-state index contributed by atoms with van der Waals surface area (Å²) in [5, 5.41) is 3.69. The summed E-state index contributed by atoms with van der Waals surface area (Å²) in [7, 11) is 0. The van der Waals surface area contributed by atoms with Crippen molar-refractivity contribution < 1.29 is 4.39 Å². The van der Waals surface area contributed by atoms with E-state index in [0.717, 1.165) is 24.9 Å². The second-order valence-electron chi connectivity index (χ2n) is 4.50. The third-order valence-electron chi connectivity index (χ3n) is 3.13. The van der Waals surface area contributed by atoms with E-state index in [1.54, 1.807) is 6.07 Å². The Morgan fingerprint density at radius 1 is 1.35 bits per heavy atom. The van der Waals surface area contributed by atoms with Crippen molar-refractivity contribution in [2.24, 2.45) is 5.92 Å². The quantitative estimate of drug-likeness (QED) is 0.811. The lowest BCUT2D eigenvalue weighted by Gasteiger charge is -2.23. The first-order valence-electron chi connectivity index (χ1n) is 6.25. The predicted octanol–water partition coefficient (Wildman–Crippen LogP) is 4.05. The molecule has 0 aliphatic carbocycles. The Bertz CT molecular complexity index is 354. The van der Waals surface area contributed by atoms with Crippen LogP contribution < -0.4 is 5.32 Å². The van der Waals surface area contributed by atoms with Crippen LogP contribution in [0, 0.1) is 11.7 Å². The molecule has 1 N–H and O–H groups in total. The molecule has 3 heteroatoms. The van der Waals surface area contributed by atoms with Crippen molar-refractivity contribution in [3.63, 3.8) is 0 Å². The van der Waals surface area contributed by atoms with E-state index in [2.05, 4.69) is 26.1 Å².